The summed E-state index contributed by atoms with van der Waals surface area (Å²) >= 11 is 0. The van der Waals surface area contributed by atoms with Crippen molar-refractivity contribution in [1.82, 2.24) is 0 Å². The van der Waals surface area contributed by atoms with Crippen LogP contribution in [0.3, 0.4) is 0 Å². The van der Waals surface area contributed by atoms with Gasteiger partial charge in [0.05, 0.1) is 24.3 Å². The van der Waals surface area contributed by atoms with Crippen LogP contribution < -0.4 is 9.47 Å². The SMILES string of the molecule is CC(C)(C)N=Cc1cc(C(C)(C)c2cc(C=NC(C)(C)C)c3c(c2)CCO3)cc2c1OCC2. The Morgan fingerprint density at radius 2 is 1.03 bits per heavy atom. The molecule has 4 nitrogen and oxygen atoms in total. The Labute approximate surface area is 199 Å². The zero-order valence-corrected chi connectivity index (χ0v) is 21.5. The van der Waals surface area contributed by atoms with Crippen molar-refractivity contribution in [2.45, 2.75) is 84.7 Å². The number of aliphatic imine (C=N–C) groups is 2. The number of nitrogens with zero attached hydrogens (tertiary/aromatic N) is 2. The molecule has 0 aromatic heterocycles. The maximum absolute atomic E-state index is 5.99. The standard InChI is InChI=1S/C29H38N2O2/c1-27(2,3)30-17-21-15-23(13-19-9-11-32-25(19)21)29(7,8)24-14-20-10-12-33-26(20)22(16-24)18-31-28(4,5)6/h13-18H,9-12H2,1-8H3. The monoisotopic (exact) mass is 446 g/mol. The molecule has 2 heterocycles. The molecule has 0 saturated heterocycles. The van der Waals surface area contributed by atoms with Crippen LogP contribution in [0.2, 0.25) is 0 Å². The van der Waals surface area contributed by atoms with Gasteiger partial charge in [0.2, 0.25) is 0 Å². The van der Waals surface area contributed by atoms with Gasteiger partial charge in [-0.05, 0) is 75.9 Å². The third-order valence-corrected chi connectivity index (χ3v) is 6.25. The predicted molar refractivity (Wildman–Crippen MR) is 138 cm³/mol. The maximum Gasteiger partial charge on any atom is 0.131 e. The van der Waals surface area contributed by atoms with E-state index in [1.165, 1.54) is 22.3 Å². The Morgan fingerprint density at radius 1 is 0.636 bits per heavy atom. The van der Waals surface area contributed by atoms with E-state index in [4.69, 9.17) is 19.5 Å². The third kappa shape index (κ3) is 5.15. The number of fused-ring (bicyclic) bond motifs is 2. The van der Waals surface area contributed by atoms with Crippen LogP contribution in [-0.2, 0) is 18.3 Å². The largest absolute Gasteiger partial charge is 0.492 e. The fourth-order valence-corrected chi connectivity index (χ4v) is 4.28. The fourth-order valence-electron chi connectivity index (χ4n) is 4.28. The van der Waals surface area contributed by atoms with Gasteiger partial charge in [0.15, 0.2) is 0 Å². The van der Waals surface area contributed by atoms with E-state index >= 15 is 0 Å². The van der Waals surface area contributed by atoms with E-state index in [2.05, 4.69) is 79.7 Å². The lowest BCUT2D eigenvalue weighted by molar-refractivity contribution is 0.356. The third-order valence-electron chi connectivity index (χ3n) is 6.25. The van der Waals surface area contributed by atoms with Crippen molar-refractivity contribution in [3.63, 3.8) is 0 Å². The second-order valence-corrected chi connectivity index (χ2v) is 11.8. The van der Waals surface area contributed by atoms with Crippen LogP contribution in [0, 0.1) is 0 Å². The lowest BCUT2D eigenvalue weighted by Crippen LogP contribution is -2.20. The van der Waals surface area contributed by atoms with Gasteiger partial charge in [-0.15, -0.1) is 0 Å². The van der Waals surface area contributed by atoms with Crippen molar-refractivity contribution in [3.05, 3.63) is 57.6 Å². The maximum atomic E-state index is 5.99. The van der Waals surface area contributed by atoms with E-state index in [-0.39, 0.29) is 16.5 Å². The highest BCUT2D eigenvalue weighted by molar-refractivity contribution is 5.87. The second kappa shape index (κ2) is 8.30. The Hall–Kier alpha value is -2.62. The summed E-state index contributed by atoms with van der Waals surface area (Å²) in [5.74, 6) is 1.98. The number of benzene rings is 2. The lowest BCUT2D eigenvalue weighted by Gasteiger charge is -2.28. The van der Waals surface area contributed by atoms with Gasteiger partial charge in [0, 0.05) is 41.8 Å². The predicted octanol–water partition coefficient (Wildman–Crippen LogP) is 6.32. The normalized spacial score (nSPS) is 16.2. The summed E-state index contributed by atoms with van der Waals surface area (Å²) < 4.78 is 12.0. The van der Waals surface area contributed by atoms with E-state index < -0.39 is 0 Å². The topological polar surface area (TPSA) is 43.2 Å². The lowest BCUT2D eigenvalue weighted by atomic mass is 9.75. The minimum absolute atomic E-state index is 0.127. The Bertz CT molecular complexity index is 1020. The first-order valence-corrected chi connectivity index (χ1v) is 12.0. The van der Waals surface area contributed by atoms with Crippen molar-refractivity contribution in [2.75, 3.05) is 13.2 Å². The molecule has 2 aliphatic heterocycles. The molecule has 0 spiro atoms. The van der Waals surface area contributed by atoms with Crippen LogP contribution >= 0.6 is 0 Å². The number of hydrogen-bond acceptors (Lipinski definition) is 4. The Morgan fingerprint density at radius 3 is 1.39 bits per heavy atom. The van der Waals surface area contributed by atoms with Crippen molar-refractivity contribution in [2.24, 2.45) is 9.98 Å². The first-order valence-electron chi connectivity index (χ1n) is 12.0. The summed E-state index contributed by atoms with van der Waals surface area (Å²) in [6, 6.07) is 9.16. The molecule has 0 unspecified atom stereocenters. The average molecular weight is 447 g/mol. The van der Waals surface area contributed by atoms with E-state index in [9.17, 15) is 0 Å². The van der Waals surface area contributed by atoms with Crippen LogP contribution in [0.25, 0.3) is 0 Å². The molecule has 33 heavy (non-hydrogen) atoms. The molecule has 4 heteroatoms. The average Bonchev–Trinajstić information content (AvgIpc) is 3.37. The molecule has 0 radical (unpaired) electrons. The number of rotatable bonds is 4. The summed E-state index contributed by atoms with van der Waals surface area (Å²) in [5, 5.41) is 0. The molecule has 0 atom stereocenters. The van der Waals surface area contributed by atoms with Gasteiger partial charge in [0.25, 0.3) is 0 Å². The van der Waals surface area contributed by atoms with Gasteiger partial charge in [-0.1, -0.05) is 26.0 Å². The first-order chi connectivity index (χ1) is 15.3. The van der Waals surface area contributed by atoms with Gasteiger partial charge >= 0.3 is 0 Å². The first kappa shape index (κ1) is 23.5. The molecule has 2 aromatic carbocycles. The molecular formula is C29H38N2O2. The molecule has 0 saturated carbocycles. The number of ether oxygens (including phenoxy) is 2. The quantitative estimate of drug-likeness (QED) is 0.516. The van der Waals surface area contributed by atoms with Crippen LogP contribution in [-0.4, -0.2) is 36.7 Å². The van der Waals surface area contributed by atoms with Crippen molar-refractivity contribution < 1.29 is 9.47 Å². The number of hydrogen-bond donors (Lipinski definition) is 0. The molecule has 0 aliphatic carbocycles. The van der Waals surface area contributed by atoms with E-state index in [0.717, 1.165) is 48.7 Å². The molecule has 4 rings (SSSR count). The summed E-state index contributed by atoms with van der Waals surface area (Å²) in [6.07, 6.45) is 5.86. The molecular weight excluding hydrogens is 408 g/mol. The van der Waals surface area contributed by atoms with Gasteiger partial charge in [-0.3, -0.25) is 9.98 Å². The molecule has 2 aliphatic rings. The molecule has 0 amide bonds. The van der Waals surface area contributed by atoms with Gasteiger partial charge in [-0.2, -0.15) is 0 Å². The zero-order valence-electron chi connectivity index (χ0n) is 21.5. The smallest absolute Gasteiger partial charge is 0.131 e. The molecule has 0 N–H and O–H groups in total. The van der Waals surface area contributed by atoms with Crippen molar-refractivity contribution in [3.8, 4) is 11.5 Å². The van der Waals surface area contributed by atoms with E-state index in [1.54, 1.807) is 0 Å². The fraction of sp³-hybridized carbons (Fsp3) is 0.517. The Kier molecular flexibility index (Phi) is 5.92. The molecule has 0 fully saturated rings. The molecule has 2 aromatic rings. The second-order valence-electron chi connectivity index (χ2n) is 11.8. The van der Waals surface area contributed by atoms with E-state index in [0.29, 0.717) is 0 Å². The molecule has 176 valence electrons. The highest BCUT2D eigenvalue weighted by Gasteiger charge is 2.30. The van der Waals surface area contributed by atoms with Crippen LogP contribution in [0.4, 0.5) is 0 Å². The van der Waals surface area contributed by atoms with Gasteiger partial charge < -0.3 is 9.47 Å². The van der Waals surface area contributed by atoms with Crippen molar-refractivity contribution in [1.29, 1.82) is 0 Å². The van der Waals surface area contributed by atoms with Crippen molar-refractivity contribution >= 4 is 12.4 Å². The summed E-state index contributed by atoms with van der Waals surface area (Å²) in [6.45, 7) is 18.8. The minimum atomic E-state index is -0.191. The zero-order chi connectivity index (χ0) is 24.0. The highest BCUT2D eigenvalue weighted by atomic mass is 16.5. The summed E-state index contributed by atoms with van der Waals surface area (Å²) in [4.78, 5) is 9.54. The summed E-state index contributed by atoms with van der Waals surface area (Å²) in [5.41, 5.74) is 6.80. The van der Waals surface area contributed by atoms with Crippen LogP contribution in [0.5, 0.6) is 11.5 Å². The van der Waals surface area contributed by atoms with Gasteiger partial charge in [-0.25, -0.2) is 0 Å². The summed E-state index contributed by atoms with van der Waals surface area (Å²) in [7, 11) is 0. The van der Waals surface area contributed by atoms with E-state index in [1.807, 2.05) is 12.4 Å². The van der Waals surface area contributed by atoms with Crippen LogP contribution in [0.15, 0.2) is 34.3 Å². The minimum Gasteiger partial charge on any atom is -0.492 e. The highest BCUT2D eigenvalue weighted by Crippen LogP contribution is 2.41. The van der Waals surface area contributed by atoms with Crippen LogP contribution in [0.1, 0.15) is 88.8 Å². The van der Waals surface area contributed by atoms with Gasteiger partial charge in [0.1, 0.15) is 11.5 Å². The Balaban J connectivity index is 1.81. The molecule has 0 bridgehead atoms.